The average molecular weight is 1490 g/mol. The Hall–Kier alpha value is -3.83. The van der Waals surface area contributed by atoms with E-state index in [0.29, 0.717) is 113 Å². The Bertz CT molecular complexity index is 2600. The molecule has 18 nitrogen and oxygen atoms in total. The van der Waals surface area contributed by atoms with Gasteiger partial charge in [0, 0.05) is 174 Å². The fourth-order valence-electron chi connectivity index (χ4n) is 12.4. The number of aliphatic imine (C=N–C) groups is 6. The number of fused-ring (bicyclic) bond motifs is 8. The molecule has 3 saturated heterocycles. The second kappa shape index (κ2) is 49.6. The first kappa shape index (κ1) is 84.4. The summed E-state index contributed by atoms with van der Waals surface area (Å²) in [7, 11) is 0. The molecular formula is C72H104Cu2N14O4Zn2-2. The third kappa shape index (κ3) is 32.2. The van der Waals surface area contributed by atoms with Crippen molar-refractivity contribution in [3.05, 3.63) is 150 Å². The first-order valence-electron chi connectivity index (χ1n) is 33.7. The van der Waals surface area contributed by atoms with E-state index >= 15 is 0 Å². The molecule has 10 aliphatic rings. The van der Waals surface area contributed by atoms with Gasteiger partial charge in [0.05, 0.1) is 25.3 Å². The van der Waals surface area contributed by atoms with Crippen molar-refractivity contribution in [2.24, 2.45) is 83.2 Å². The van der Waals surface area contributed by atoms with Gasteiger partial charge in [-0.1, -0.05) is 88.8 Å². The number of rotatable bonds is 4. The van der Waals surface area contributed by atoms with Crippen molar-refractivity contribution in [1.82, 2.24) is 10.6 Å². The van der Waals surface area contributed by atoms with E-state index in [0.717, 1.165) is 100 Å². The molecule has 8 atom stereocenters. The molecule has 0 aromatic rings. The number of carbonyl (C=O) groups excluding carboxylic acids is 2. The van der Waals surface area contributed by atoms with Gasteiger partial charge in [0.2, 0.25) is 0 Å². The molecule has 22 heteroatoms. The smallest absolute Gasteiger partial charge is 0.687 e. The van der Waals surface area contributed by atoms with Gasteiger partial charge < -0.3 is 52.7 Å². The van der Waals surface area contributed by atoms with Crippen LogP contribution < -0.4 is 10.6 Å². The van der Waals surface area contributed by atoms with E-state index in [-0.39, 0.29) is 108 Å². The Balaban J connectivity index is 0.000000341. The molecule has 514 valence electrons. The summed E-state index contributed by atoms with van der Waals surface area (Å²) >= 11 is 0. The molecule has 6 heterocycles. The minimum Gasteiger partial charge on any atom is -0.687 e. The number of piperidine rings is 3. The van der Waals surface area contributed by atoms with Gasteiger partial charge in [-0.2, -0.15) is 6.20 Å². The number of aliphatic hydroxyl groups excluding tert-OH is 2. The number of hydrogen-bond acceptors (Lipinski definition) is 12. The molecule has 0 aromatic carbocycles. The topological polar surface area (TPSA) is 257 Å². The Morgan fingerprint density at radius 2 is 0.819 bits per heavy atom. The van der Waals surface area contributed by atoms with Crippen LogP contribution in [0.15, 0.2) is 148 Å². The summed E-state index contributed by atoms with van der Waals surface area (Å²) in [5.74, 6) is 3.65. The summed E-state index contributed by atoms with van der Waals surface area (Å²) in [5.41, 5.74) is 5.65. The van der Waals surface area contributed by atoms with Gasteiger partial charge in [0.25, 0.3) is 0 Å². The molecular weight excluding hydrogens is 1380 g/mol. The molecule has 4 N–H and O–H groups in total. The van der Waals surface area contributed by atoms with Crippen LogP contribution in [0.1, 0.15) is 91.9 Å². The van der Waals surface area contributed by atoms with E-state index in [2.05, 4.69) is 123 Å². The number of hydrogen-bond donors (Lipinski definition) is 4. The molecule has 6 aliphatic heterocycles. The Kier molecular flexibility index (Phi) is 44.6. The summed E-state index contributed by atoms with van der Waals surface area (Å²) in [6.07, 6.45) is 47.9. The summed E-state index contributed by atoms with van der Waals surface area (Å²) in [5, 5.41) is 54.0. The first-order valence-corrected chi connectivity index (χ1v) is 33.7. The molecule has 8 unspecified atom stereocenters. The normalized spacial score (nSPS) is 28.0. The molecule has 0 amide bonds. The maximum absolute atomic E-state index is 12.6. The molecule has 4 aliphatic carbocycles. The predicted octanol–water partition coefficient (Wildman–Crippen LogP) is 11.3. The van der Waals surface area contributed by atoms with E-state index < -0.39 is 12.2 Å². The molecule has 0 spiro atoms. The maximum Gasteiger partial charge on any atom is 2.00 e. The summed E-state index contributed by atoms with van der Waals surface area (Å²) in [6, 6.07) is 0. The number of aliphatic hydroxyl groups is 2. The second-order valence-electron chi connectivity index (χ2n) is 25.3. The zero-order valence-corrected chi connectivity index (χ0v) is 64.2. The Morgan fingerprint density at radius 1 is 0.468 bits per heavy atom. The molecule has 2 saturated carbocycles. The van der Waals surface area contributed by atoms with Crippen LogP contribution >= 0.6 is 0 Å². The monoisotopic (exact) mass is 1480 g/mol. The molecule has 0 aromatic heterocycles. The Morgan fingerprint density at radius 3 is 1.19 bits per heavy atom. The third-order valence-electron chi connectivity index (χ3n) is 17.5. The van der Waals surface area contributed by atoms with Crippen molar-refractivity contribution in [1.29, 1.82) is 0 Å². The number of nitrogens with zero attached hydrogens (tertiary/aromatic N) is 12. The van der Waals surface area contributed by atoms with E-state index in [4.69, 9.17) is 0 Å². The molecule has 94 heavy (non-hydrogen) atoms. The van der Waals surface area contributed by atoms with E-state index in [9.17, 15) is 19.8 Å². The standard InChI is InChI=1S/C24H40N5O2.C24H28N5O2.C12H20N2.C12H16N2.2Cu.2Zn/c2*1-17-9-19-13-26-5-3-25-4-6-27-14-20-10-18(2)12-22(24(20)31)16-29-8-7-28-15-21(11-17)23(19)30;2*1(11-3-7-13-8-4-11)2-12-5-9-14-10-6-12;;;;/h13-24,30-31H,3-12H2,1-2H3;9-16,28-29H,3-8H2,1-2H3;1-2,11-12H,3-10H2;1-4,7,12H,5-6,8-10H2;;;;/q2*-1;2*-2;2*+2;;. The fraction of sp³-hybridized carbons (Fsp3) is 0.611. The van der Waals surface area contributed by atoms with Gasteiger partial charge in [0.1, 0.15) is 0 Å². The molecule has 10 rings (SSSR count). The van der Waals surface area contributed by atoms with E-state index in [1.807, 2.05) is 69.2 Å². The van der Waals surface area contributed by atoms with Crippen LogP contribution in [0.3, 0.4) is 0 Å². The zero-order valence-electron chi connectivity index (χ0n) is 56.4. The number of ketones is 2. The van der Waals surface area contributed by atoms with Crippen LogP contribution in [0.5, 0.6) is 0 Å². The van der Waals surface area contributed by atoms with Crippen LogP contribution in [0, 0.1) is 53.3 Å². The van der Waals surface area contributed by atoms with Gasteiger partial charge in [0.15, 0.2) is 11.6 Å². The predicted molar refractivity (Wildman–Crippen MR) is 376 cm³/mol. The maximum atomic E-state index is 12.6. The van der Waals surface area contributed by atoms with Gasteiger partial charge in [-0.3, -0.25) is 39.5 Å². The number of allylic oxidation sites excluding steroid dienone is 16. The van der Waals surface area contributed by atoms with Crippen molar-refractivity contribution in [3.63, 3.8) is 0 Å². The largest absolute Gasteiger partial charge is 2.00 e. The SMILES string of the molecule is C(=CC1CC[N-]CC1)C1CC[N-]CC1.C1=CC(C=CC2CC[N-]CC2)=CC[N-]1.CC1=CC2=CNCCNC=C3C=C(C)C=C(C=NCC[N-]CCN=CC(=C1)C2=O)C3=O.CC1CC2C=NCCN=CC3CC(C)CC(C=NCC[N-]CCN=CC(C1)C2O)C3O.[Cu+2].[Cu+2].[Zn].[Zn]. The quantitative estimate of drug-likeness (QED) is 0.157. The van der Waals surface area contributed by atoms with Crippen molar-refractivity contribution in [3.8, 4) is 0 Å². The second-order valence-corrected chi connectivity index (χ2v) is 25.3. The Labute approximate surface area is 609 Å². The third-order valence-corrected chi connectivity index (χ3v) is 17.5. The van der Waals surface area contributed by atoms with Crippen molar-refractivity contribution in [2.45, 2.75) is 104 Å². The number of Topliss-reactive ketones (excluding diaryl/α,β-unsaturated/α-hetero) is 2. The van der Waals surface area contributed by atoms with Crippen LogP contribution in [0.4, 0.5) is 0 Å². The van der Waals surface area contributed by atoms with Crippen molar-refractivity contribution in [2.75, 3.05) is 124 Å². The van der Waals surface area contributed by atoms with Gasteiger partial charge >= 0.3 is 34.1 Å². The summed E-state index contributed by atoms with van der Waals surface area (Å²) in [6.45, 7) is 22.8. The van der Waals surface area contributed by atoms with Crippen molar-refractivity contribution < 1.29 is 92.9 Å². The fourth-order valence-corrected chi connectivity index (χ4v) is 12.4. The van der Waals surface area contributed by atoms with Crippen molar-refractivity contribution >= 4 is 48.9 Å². The molecule has 8 bridgehead atoms. The van der Waals surface area contributed by atoms with E-state index in [1.165, 1.54) is 44.1 Å². The molecule has 2 radical (unpaired) electrons. The summed E-state index contributed by atoms with van der Waals surface area (Å²) in [4.78, 5) is 52.1. The zero-order chi connectivity index (χ0) is 63.4. The van der Waals surface area contributed by atoms with Crippen LogP contribution in [-0.2, 0) is 82.7 Å². The average Bonchev–Trinajstić information content (AvgIpc) is 2.47. The van der Waals surface area contributed by atoms with Gasteiger partial charge in [-0.25, -0.2) is 0 Å². The summed E-state index contributed by atoms with van der Waals surface area (Å²) < 4.78 is 0. The van der Waals surface area contributed by atoms with Gasteiger partial charge in [-0.15, -0.1) is 72.0 Å². The van der Waals surface area contributed by atoms with Crippen LogP contribution in [0.25, 0.3) is 31.9 Å². The minimum atomic E-state index is -0.427. The van der Waals surface area contributed by atoms with Gasteiger partial charge in [-0.05, 0) is 110 Å². The van der Waals surface area contributed by atoms with Crippen LogP contribution in [0.2, 0.25) is 0 Å². The van der Waals surface area contributed by atoms with Crippen LogP contribution in [-0.4, -0.2) is 196 Å². The van der Waals surface area contributed by atoms with E-state index in [1.54, 1.807) is 24.8 Å². The number of nitrogens with one attached hydrogen (secondary N) is 2. The number of carbonyl (C=O) groups is 2. The molecule has 5 fully saturated rings. The first-order chi connectivity index (χ1) is 44.0. The minimum absolute atomic E-state index is 0.